The Hall–Kier alpha value is -0.580. The number of carbonyl (C=O) groups excluding carboxylic acids is 1. The van der Waals surface area contributed by atoms with Crippen molar-refractivity contribution >= 4 is 5.78 Å². The Kier molecular flexibility index (Phi) is 4.10. The summed E-state index contributed by atoms with van der Waals surface area (Å²) in [6.07, 6.45) is -5.80. The second-order valence-electron chi connectivity index (χ2n) is 1.97. The van der Waals surface area contributed by atoms with Gasteiger partial charge in [-0.15, -0.1) is 0 Å². The Morgan fingerprint density at radius 3 is 2.36 bits per heavy atom. The third-order valence-electron chi connectivity index (χ3n) is 0.865. The Labute approximate surface area is 62.3 Å². The fourth-order valence-electron chi connectivity index (χ4n) is 0.490. The molecule has 0 aliphatic rings. The molecule has 0 fully saturated rings. The fourth-order valence-corrected chi connectivity index (χ4v) is 0.490. The number of ether oxygens (including phenoxy) is 1. The highest BCUT2D eigenvalue weighted by atomic mass is 19.4. The van der Waals surface area contributed by atoms with E-state index in [4.69, 9.17) is 0 Å². The lowest BCUT2D eigenvalue weighted by Crippen LogP contribution is -2.18. The van der Waals surface area contributed by atoms with Crippen molar-refractivity contribution in [1.29, 1.82) is 0 Å². The third kappa shape index (κ3) is 7.32. The maximum absolute atomic E-state index is 11.5. The first kappa shape index (κ1) is 10.4. The van der Waals surface area contributed by atoms with E-state index < -0.39 is 25.0 Å². The lowest BCUT2D eigenvalue weighted by Gasteiger charge is -2.04. The number of hydrogen-bond acceptors (Lipinski definition) is 2. The molecule has 0 amide bonds. The lowest BCUT2D eigenvalue weighted by atomic mass is 10.3. The summed E-state index contributed by atoms with van der Waals surface area (Å²) in [5.41, 5.74) is 0. The summed E-state index contributed by atoms with van der Waals surface area (Å²) in [4.78, 5) is 10.4. The molecule has 2 nitrogen and oxygen atoms in total. The van der Waals surface area contributed by atoms with E-state index in [0.717, 1.165) is 0 Å². The van der Waals surface area contributed by atoms with Crippen LogP contribution in [-0.4, -0.2) is 25.2 Å². The van der Waals surface area contributed by atoms with Crippen LogP contribution in [-0.2, 0) is 9.53 Å². The smallest absolute Gasteiger partial charge is 0.374 e. The topological polar surface area (TPSA) is 26.3 Å². The van der Waals surface area contributed by atoms with Gasteiger partial charge in [0.05, 0.1) is 0 Å². The molecule has 0 atom stereocenters. The number of halogens is 3. The normalized spacial score (nSPS) is 11.6. The van der Waals surface area contributed by atoms with Crippen molar-refractivity contribution in [2.24, 2.45) is 0 Å². The second kappa shape index (κ2) is 4.33. The molecule has 0 aromatic rings. The second-order valence-corrected chi connectivity index (χ2v) is 1.97. The SMILES string of the molecule is CCOCC(=O)CC(F)(F)F. The van der Waals surface area contributed by atoms with Crippen molar-refractivity contribution in [2.45, 2.75) is 19.5 Å². The summed E-state index contributed by atoms with van der Waals surface area (Å²) in [5.74, 6) is -0.931. The van der Waals surface area contributed by atoms with Gasteiger partial charge in [0.25, 0.3) is 0 Å². The van der Waals surface area contributed by atoms with Crippen LogP contribution >= 0.6 is 0 Å². The van der Waals surface area contributed by atoms with Crippen molar-refractivity contribution in [3.8, 4) is 0 Å². The van der Waals surface area contributed by atoms with Crippen molar-refractivity contribution in [3.63, 3.8) is 0 Å². The predicted octanol–water partition coefficient (Wildman–Crippen LogP) is 1.54. The molecular formula is C6H9F3O2. The van der Waals surface area contributed by atoms with E-state index in [2.05, 4.69) is 4.74 Å². The summed E-state index contributed by atoms with van der Waals surface area (Å²) in [5, 5.41) is 0. The van der Waals surface area contributed by atoms with E-state index in [1.165, 1.54) is 0 Å². The van der Waals surface area contributed by atoms with Crippen molar-refractivity contribution < 1.29 is 22.7 Å². The first-order valence-corrected chi connectivity index (χ1v) is 3.12. The summed E-state index contributed by atoms with van der Waals surface area (Å²) in [6.45, 7) is 1.42. The van der Waals surface area contributed by atoms with E-state index >= 15 is 0 Å². The van der Waals surface area contributed by atoms with Crippen molar-refractivity contribution in [2.75, 3.05) is 13.2 Å². The molecule has 0 spiro atoms. The molecule has 0 unspecified atom stereocenters. The molecule has 0 aromatic heterocycles. The molecule has 0 aromatic carbocycles. The Morgan fingerprint density at radius 2 is 2.00 bits per heavy atom. The van der Waals surface area contributed by atoms with Crippen LogP contribution in [0.15, 0.2) is 0 Å². The molecule has 11 heavy (non-hydrogen) atoms. The zero-order valence-electron chi connectivity index (χ0n) is 6.07. The maximum atomic E-state index is 11.5. The van der Waals surface area contributed by atoms with Crippen LogP contribution < -0.4 is 0 Å². The monoisotopic (exact) mass is 170 g/mol. The lowest BCUT2D eigenvalue weighted by molar-refractivity contribution is -0.155. The van der Waals surface area contributed by atoms with E-state index in [9.17, 15) is 18.0 Å². The molecule has 0 radical (unpaired) electrons. The highest BCUT2D eigenvalue weighted by Crippen LogP contribution is 2.19. The summed E-state index contributed by atoms with van der Waals surface area (Å²) >= 11 is 0. The van der Waals surface area contributed by atoms with Gasteiger partial charge in [0.1, 0.15) is 13.0 Å². The van der Waals surface area contributed by atoms with Gasteiger partial charge in [-0.05, 0) is 6.92 Å². The van der Waals surface area contributed by atoms with Crippen LogP contribution in [0.2, 0.25) is 0 Å². The number of rotatable bonds is 4. The largest absolute Gasteiger partial charge is 0.395 e. The van der Waals surface area contributed by atoms with Gasteiger partial charge in [0, 0.05) is 6.61 Å². The Balaban J connectivity index is 3.53. The number of alkyl halides is 3. The first-order valence-electron chi connectivity index (χ1n) is 3.12. The van der Waals surface area contributed by atoms with Gasteiger partial charge in [-0.25, -0.2) is 0 Å². The minimum atomic E-state index is -4.41. The van der Waals surface area contributed by atoms with Gasteiger partial charge >= 0.3 is 6.18 Å². The van der Waals surface area contributed by atoms with E-state index in [1.807, 2.05) is 0 Å². The minimum Gasteiger partial charge on any atom is -0.374 e. The highest BCUT2D eigenvalue weighted by molar-refractivity contribution is 5.80. The van der Waals surface area contributed by atoms with Crippen LogP contribution in [0.4, 0.5) is 13.2 Å². The number of Topliss-reactive ketones (excluding diaryl/α,β-unsaturated/α-hetero) is 1. The first-order chi connectivity index (χ1) is 4.95. The molecule has 0 heterocycles. The quantitative estimate of drug-likeness (QED) is 0.639. The van der Waals surface area contributed by atoms with Gasteiger partial charge < -0.3 is 4.74 Å². The van der Waals surface area contributed by atoms with Crippen LogP contribution in [0.5, 0.6) is 0 Å². The fraction of sp³-hybridized carbons (Fsp3) is 0.833. The van der Waals surface area contributed by atoms with E-state index in [1.54, 1.807) is 6.92 Å². The van der Waals surface area contributed by atoms with Gasteiger partial charge in [0.15, 0.2) is 5.78 Å². The van der Waals surface area contributed by atoms with Crippen molar-refractivity contribution in [3.05, 3.63) is 0 Å². The highest BCUT2D eigenvalue weighted by Gasteiger charge is 2.30. The molecule has 0 saturated carbocycles. The molecule has 0 saturated heterocycles. The molecule has 5 heteroatoms. The summed E-state index contributed by atoms with van der Waals surface area (Å²) < 4.78 is 38.9. The minimum absolute atomic E-state index is 0.254. The molecule has 0 rings (SSSR count). The predicted molar refractivity (Wildman–Crippen MR) is 32.2 cm³/mol. The van der Waals surface area contributed by atoms with E-state index in [-0.39, 0.29) is 6.61 Å². The maximum Gasteiger partial charge on any atom is 0.395 e. The standard InChI is InChI=1S/C6H9F3O2/c1-2-11-4-5(10)3-6(7,8)9/h2-4H2,1H3. The molecule has 0 N–H and O–H groups in total. The molecular weight excluding hydrogens is 161 g/mol. The van der Waals surface area contributed by atoms with Crippen LogP contribution in [0.1, 0.15) is 13.3 Å². The number of ketones is 1. The zero-order valence-corrected chi connectivity index (χ0v) is 6.07. The van der Waals surface area contributed by atoms with Crippen LogP contribution in [0, 0.1) is 0 Å². The zero-order chi connectivity index (χ0) is 8.91. The average Bonchev–Trinajstić information content (AvgIpc) is 1.79. The molecule has 66 valence electrons. The van der Waals surface area contributed by atoms with Crippen LogP contribution in [0.25, 0.3) is 0 Å². The van der Waals surface area contributed by atoms with Gasteiger partial charge in [-0.2, -0.15) is 13.2 Å². The number of carbonyl (C=O) groups is 1. The number of hydrogen-bond donors (Lipinski definition) is 0. The van der Waals surface area contributed by atoms with Crippen molar-refractivity contribution in [1.82, 2.24) is 0 Å². The Bertz CT molecular complexity index is 130. The van der Waals surface area contributed by atoms with Gasteiger partial charge in [-0.1, -0.05) is 0 Å². The van der Waals surface area contributed by atoms with Gasteiger partial charge in [0.2, 0.25) is 0 Å². The molecule has 0 bridgehead atoms. The van der Waals surface area contributed by atoms with E-state index in [0.29, 0.717) is 0 Å². The summed E-state index contributed by atoms with van der Waals surface area (Å²) in [7, 11) is 0. The van der Waals surface area contributed by atoms with Gasteiger partial charge in [-0.3, -0.25) is 4.79 Å². The van der Waals surface area contributed by atoms with Crippen LogP contribution in [0.3, 0.4) is 0 Å². The molecule has 0 aliphatic heterocycles. The Morgan fingerprint density at radius 1 is 1.45 bits per heavy atom. The molecule has 0 aliphatic carbocycles. The third-order valence-corrected chi connectivity index (χ3v) is 0.865. The average molecular weight is 170 g/mol. The summed E-state index contributed by atoms with van der Waals surface area (Å²) in [6, 6.07) is 0.